The molecule has 4 saturated heterocycles. The smallest absolute Gasteiger partial charge is 0.313 e. The van der Waals surface area contributed by atoms with Gasteiger partial charge in [-0.2, -0.15) is 0 Å². The van der Waals surface area contributed by atoms with Crippen LogP contribution in [0.3, 0.4) is 0 Å². The van der Waals surface area contributed by atoms with Gasteiger partial charge in [0.05, 0.1) is 49.8 Å². The second-order valence-corrected chi connectivity index (χ2v) is 14.7. The van der Waals surface area contributed by atoms with Gasteiger partial charge < -0.3 is 34.4 Å². The van der Waals surface area contributed by atoms with Gasteiger partial charge in [-0.3, -0.25) is 24.1 Å². The molecule has 1 aromatic rings. The van der Waals surface area contributed by atoms with Crippen molar-refractivity contribution >= 4 is 23.7 Å². The summed E-state index contributed by atoms with van der Waals surface area (Å²) in [5.74, 6) is -3.23. The molecular formula is C39H56N4O8. The zero-order chi connectivity index (χ0) is 36.7. The Morgan fingerprint density at radius 2 is 1.86 bits per heavy atom. The summed E-state index contributed by atoms with van der Waals surface area (Å²) in [6.45, 7) is 17.2. The minimum Gasteiger partial charge on any atom is -0.455 e. The predicted octanol–water partition coefficient (Wildman–Crippen LogP) is 2.87. The maximum atomic E-state index is 14.8. The molecule has 3 amide bonds. The van der Waals surface area contributed by atoms with Gasteiger partial charge in [0.2, 0.25) is 17.7 Å². The second-order valence-electron chi connectivity index (χ2n) is 14.7. The first-order valence-electron chi connectivity index (χ1n) is 18.5. The Bertz CT molecular complexity index is 1400. The molecule has 51 heavy (non-hydrogen) atoms. The van der Waals surface area contributed by atoms with E-state index in [0.29, 0.717) is 57.6 Å². The van der Waals surface area contributed by atoms with Crippen molar-refractivity contribution in [2.45, 2.75) is 88.8 Å². The van der Waals surface area contributed by atoms with E-state index in [1.165, 1.54) is 4.90 Å². The molecule has 4 aliphatic rings. The third kappa shape index (κ3) is 8.24. The van der Waals surface area contributed by atoms with Crippen LogP contribution >= 0.6 is 0 Å². The average molecular weight is 709 g/mol. The van der Waals surface area contributed by atoms with Gasteiger partial charge in [-0.1, -0.05) is 56.3 Å². The third-order valence-electron chi connectivity index (χ3n) is 10.8. The number of rotatable bonds is 18. The van der Waals surface area contributed by atoms with E-state index in [1.807, 2.05) is 44.2 Å². The Labute approximate surface area is 302 Å². The zero-order valence-electron chi connectivity index (χ0n) is 30.4. The molecule has 0 aliphatic carbocycles. The first-order chi connectivity index (χ1) is 24.6. The number of carbonyl (C=O) groups is 4. The molecule has 4 fully saturated rings. The zero-order valence-corrected chi connectivity index (χ0v) is 30.4. The fourth-order valence-corrected chi connectivity index (χ4v) is 8.50. The third-order valence-corrected chi connectivity index (χ3v) is 10.8. The molecule has 2 bridgehead atoms. The number of ether oxygens (including phenoxy) is 3. The fourth-order valence-electron chi connectivity index (χ4n) is 8.50. The maximum absolute atomic E-state index is 14.8. The van der Waals surface area contributed by atoms with Crippen LogP contribution in [0.15, 0.2) is 55.6 Å². The van der Waals surface area contributed by atoms with Crippen LogP contribution in [0.4, 0.5) is 0 Å². The van der Waals surface area contributed by atoms with Crippen LogP contribution < -0.4 is 5.32 Å². The molecule has 12 nitrogen and oxygen atoms in total. The first-order valence-corrected chi connectivity index (χ1v) is 18.5. The van der Waals surface area contributed by atoms with Gasteiger partial charge in [0.1, 0.15) is 17.7 Å². The monoisotopic (exact) mass is 708 g/mol. The summed E-state index contributed by atoms with van der Waals surface area (Å²) in [6, 6.07) is 6.97. The lowest BCUT2D eigenvalue weighted by molar-refractivity contribution is -0.162. The number of likely N-dealkylation sites (tertiary alicyclic amines) is 1. The molecule has 8 atom stereocenters. The summed E-state index contributed by atoms with van der Waals surface area (Å²) >= 11 is 0. The van der Waals surface area contributed by atoms with E-state index in [9.17, 15) is 24.3 Å². The number of fused-ring (bicyclic) bond motifs is 1. The topological polar surface area (TPSA) is 138 Å². The van der Waals surface area contributed by atoms with Crippen molar-refractivity contribution in [1.82, 2.24) is 20.0 Å². The van der Waals surface area contributed by atoms with Crippen molar-refractivity contribution in [3.05, 3.63) is 61.2 Å². The molecule has 0 saturated carbocycles. The molecule has 4 heterocycles. The van der Waals surface area contributed by atoms with Crippen molar-refractivity contribution in [2.24, 2.45) is 17.8 Å². The number of aliphatic hydroxyl groups is 1. The lowest BCUT2D eigenvalue weighted by Gasteiger charge is -2.40. The Morgan fingerprint density at radius 1 is 1.14 bits per heavy atom. The molecule has 1 aromatic carbocycles. The molecular weight excluding hydrogens is 652 g/mol. The van der Waals surface area contributed by atoms with Crippen molar-refractivity contribution in [2.75, 3.05) is 52.5 Å². The average Bonchev–Trinajstić information content (AvgIpc) is 3.78. The van der Waals surface area contributed by atoms with Crippen LogP contribution in [0.5, 0.6) is 0 Å². The highest BCUT2D eigenvalue weighted by molar-refractivity contribution is 5.98. The maximum Gasteiger partial charge on any atom is 0.313 e. The number of aliphatic hydroxyl groups excluding tert-OH is 1. The number of nitrogens with one attached hydrogen (secondary N) is 1. The summed E-state index contributed by atoms with van der Waals surface area (Å²) in [4.78, 5) is 62.2. The van der Waals surface area contributed by atoms with Gasteiger partial charge in [0, 0.05) is 39.1 Å². The summed E-state index contributed by atoms with van der Waals surface area (Å²) in [7, 11) is 0. The van der Waals surface area contributed by atoms with Crippen LogP contribution in [0.1, 0.15) is 64.5 Å². The molecule has 12 heteroatoms. The van der Waals surface area contributed by atoms with Gasteiger partial charge >= 0.3 is 5.97 Å². The van der Waals surface area contributed by atoms with E-state index in [4.69, 9.17) is 14.2 Å². The molecule has 0 unspecified atom stereocenters. The molecule has 4 aliphatic heterocycles. The first kappa shape index (κ1) is 38.6. The molecule has 5 rings (SSSR count). The quantitative estimate of drug-likeness (QED) is 0.174. The minimum absolute atomic E-state index is 0.127. The number of morpholine rings is 1. The van der Waals surface area contributed by atoms with Gasteiger partial charge in [-0.05, 0) is 44.1 Å². The van der Waals surface area contributed by atoms with E-state index in [1.54, 1.807) is 24.0 Å². The van der Waals surface area contributed by atoms with Crippen LogP contribution in [0, 0.1) is 17.8 Å². The number of esters is 1. The van der Waals surface area contributed by atoms with E-state index in [-0.39, 0.29) is 43.2 Å². The van der Waals surface area contributed by atoms with Crippen molar-refractivity contribution in [3.8, 4) is 0 Å². The number of hydrogen-bond acceptors (Lipinski definition) is 9. The Balaban J connectivity index is 1.46. The minimum atomic E-state index is -1.25. The highest BCUT2D eigenvalue weighted by atomic mass is 16.6. The Hall–Kier alpha value is -3.58. The summed E-state index contributed by atoms with van der Waals surface area (Å²) < 4.78 is 18.5. The molecule has 280 valence electrons. The fraction of sp³-hybridized carbons (Fsp3) is 0.641. The SMILES string of the molecule is C=CCCC(=O)N[C@H](C)[C@@H](OC(=O)[C@@H]1[C@@H]2CC[C@]3(O2)[C@H](C(=O)N(CC=C)CCN2CCOCC2)N([C@@H](CO)CC(C)C)C(=O)[C@@H]13)c1ccccc1. The van der Waals surface area contributed by atoms with E-state index in [2.05, 4.69) is 23.4 Å². The molecule has 1 spiro atoms. The Morgan fingerprint density at radius 3 is 2.51 bits per heavy atom. The lowest BCUT2D eigenvalue weighted by Crippen LogP contribution is -2.59. The summed E-state index contributed by atoms with van der Waals surface area (Å²) in [5, 5.41) is 13.6. The van der Waals surface area contributed by atoms with E-state index < -0.39 is 53.7 Å². The van der Waals surface area contributed by atoms with Gasteiger partial charge in [0.25, 0.3) is 0 Å². The normalized spacial score (nSPS) is 27.5. The number of amides is 3. The second kappa shape index (κ2) is 17.3. The number of hydrogen-bond donors (Lipinski definition) is 2. The highest BCUT2D eigenvalue weighted by Gasteiger charge is 2.75. The largest absolute Gasteiger partial charge is 0.455 e. The predicted molar refractivity (Wildman–Crippen MR) is 191 cm³/mol. The van der Waals surface area contributed by atoms with Crippen LogP contribution in [-0.2, 0) is 33.4 Å². The standard InChI is InChI=1S/C39H56N4O8/c1-6-8-14-31(45)40-27(5)34(28-12-10-9-11-13-28)50-38(48)32-30-15-16-39(51-30)33(32)36(46)43(29(25-44)24-26(3)4)35(39)37(47)42(17-7-2)19-18-41-20-22-49-23-21-41/h6-7,9-13,26-27,29-30,32-35,44H,1-2,8,14-25H2,3-5H3,(H,40,45)/t27-,29-,30+,32-,33-,34-,35+,39-/m1/s1. The number of carbonyl (C=O) groups excluding carboxylic acids is 4. The summed E-state index contributed by atoms with van der Waals surface area (Å²) in [6.07, 6.45) is 4.05. The van der Waals surface area contributed by atoms with Crippen LogP contribution in [-0.4, -0.2) is 126 Å². The molecule has 0 radical (unpaired) electrons. The van der Waals surface area contributed by atoms with Gasteiger partial charge in [0.15, 0.2) is 0 Å². The number of benzene rings is 1. The lowest BCUT2D eigenvalue weighted by atomic mass is 9.70. The number of nitrogens with zero attached hydrogens (tertiary/aromatic N) is 3. The molecule has 2 N–H and O–H groups in total. The van der Waals surface area contributed by atoms with Gasteiger partial charge in [-0.25, -0.2) is 0 Å². The van der Waals surface area contributed by atoms with Crippen LogP contribution in [0.2, 0.25) is 0 Å². The van der Waals surface area contributed by atoms with E-state index in [0.717, 1.165) is 13.1 Å². The number of allylic oxidation sites excluding steroid dienone is 1. The van der Waals surface area contributed by atoms with Crippen molar-refractivity contribution in [3.63, 3.8) is 0 Å². The van der Waals surface area contributed by atoms with Crippen LogP contribution in [0.25, 0.3) is 0 Å². The van der Waals surface area contributed by atoms with Crippen molar-refractivity contribution < 1.29 is 38.5 Å². The van der Waals surface area contributed by atoms with E-state index >= 15 is 0 Å². The molecule has 0 aromatic heterocycles. The highest BCUT2D eigenvalue weighted by Crippen LogP contribution is 2.59. The van der Waals surface area contributed by atoms with Gasteiger partial charge in [-0.15, -0.1) is 13.2 Å². The Kier molecular flexibility index (Phi) is 13.1. The van der Waals surface area contributed by atoms with Crippen molar-refractivity contribution in [1.29, 1.82) is 0 Å². The summed E-state index contributed by atoms with van der Waals surface area (Å²) in [5.41, 5.74) is -0.552.